The third-order valence-electron chi connectivity index (χ3n) is 4.16. The molecule has 8 heteroatoms. The molecule has 1 saturated heterocycles. The summed E-state index contributed by atoms with van der Waals surface area (Å²) >= 11 is 0. The molecular weight excluding hydrogens is 318 g/mol. The summed E-state index contributed by atoms with van der Waals surface area (Å²) in [5.41, 5.74) is -0.485. The van der Waals surface area contributed by atoms with Crippen LogP contribution in [0.15, 0.2) is 24.4 Å². The van der Waals surface area contributed by atoms with Crippen molar-refractivity contribution >= 4 is 11.9 Å². The SMILES string of the molecule is Cc1cn(C)nc1CN1C(=O)NC(C)(c2cc(F)ccc2F)C1=O. The summed E-state index contributed by atoms with van der Waals surface area (Å²) in [5.74, 6) is -2.10. The standard InChI is InChI=1S/C16H16F2N4O2/c1-9-7-21(3)20-13(9)8-22-14(23)16(2,19-15(22)24)11-6-10(17)4-5-12(11)18/h4-7H,8H2,1-3H3,(H,19,24). The molecule has 2 heterocycles. The fourth-order valence-electron chi connectivity index (χ4n) is 2.86. The average Bonchev–Trinajstić information content (AvgIpc) is 2.93. The number of nitrogens with zero attached hydrogens (tertiary/aromatic N) is 3. The van der Waals surface area contributed by atoms with Gasteiger partial charge in [-0.2, -0.15) is 5.10 Å². The van der Waals surface area contributed by atoms with Crippen molar-refractivity contribution in [2.24, 2.45) is 7.05 Å². The quantitative estimate of drug-likeness (QED) is 0.873. The highest BCUT2D eigenvalue weighted by Gasteiger charge is 2.50. The molecule has 6 nitrogen and oxygen atoms in total. The Morgan fingerprint density at radius 1 is 1.29 bits per heavy atom. The van der Waals surface area contributed by atoms with Gasteiger partial charge in [0, 0.05) is 18.8 Å². The molecule has 0 bridgehead atoms. The number of rotatable bonds is 3. The summed E-state index contributed by atoms with van der Waals surface area (Å²) < 4.78 is 29.1. The highest BCUT2D eigenvalue weighted by Crippen LogP contribution is 2.32. The first-order valence-corrected chi connectivity index (χ1v) is 7.31. The number of imide groups is 1. The Hall–Kier alpha value is -2.77. The predicted molar refractivity (Wildman–Crippen MR) is 80.7 cm³/mol. The third-order valence-corrected chi connectivity index (χ3v) is 4.16. The fraction of sp³-hybridized carbons (Fsp3) is 0.312. The molecule has 0 aliphatic carbocycles. The van der Waals surface area contributed by atoms with Gasteiger partial charge < -0.3 is 5.32 Å². The van der Waals surface area contributed by atoms with Crippen molar-refractivity contribution in [2.45, 2.75) is 25.9 Å². The van der Waals surface area contributed by atoms with Crippen LogP contribution in [0.5, 0.6) is 0 Å². The lowest BCUT2D eigenvalue weighted by Gasteiger charge is -2.22. The van der Waals surface area contributed by atoms with E-state index in [0.717, 1.165) is 28.7 Å². The Morgan fingerprint density at radius 3 is 2.62 bits per heavy atom. The number of halogens is 2. The molecule has 0 spiro atoms. The third kappa shape index (κ3) is 2.44. The van der Waals surface area contributed by atoms with Gasteiger partial charge in [-0.1, -0.05) is 0 Å². The van der Waals surface area contributed by atoms with Gasteiger partial charge in [0.25, 0.3) is 5.91 Å². The number of amides is 3. The van der Waals surface area contributed by atoms with Crippen LogP contribution >= 0.6 is 0 Å². The van der Waals surface area contributed by atoms with Crippen LogP contribution in [0.2, 0.25) is 0 Å². The van der Waals surface area contributed by atoms with Gasteiger partial charge in [0.2, 0.25) is 0 Å². The molecule has 1 aromatic carbocycles. The Bertz CT molecular complexity index is 849. The maximum absolute atomic E-state index is 14.1. The monoisotopic (exact) mass is 334 g/mol. The van der Waals surface area contributed by atoms with E-state index in [0.29, 0.717) is 5.69 Å². The van der Waals surface area contributed by atoms with Crippen molar-refractivity contribution < 1.29 is 18.4 Å². The van der Waals surface area contributed by atoms with E-state index >= 15 is 0 Å². The molecule has 1 aliphatic heterocycles. The summed E-state index contributed by atoms with van der Waals surface area (Å²) in [7, 11) is 1.73. The Labute approximate surface area is 137 Å². The topological polar surface area (TPSA) is 67.2 Å². The molecule has 3 amide bonds. The Morgan fingerprint density at radius 2 is 2.00 bits per heavy atom. The minimum Gasteiger partial charge on any atom is -0.319 e. The van der Waals surface area contributed by atoms with Gasteiger partial charge in [-0.05, 0) is 37.6 Å². The van der Waals surface area contributed by atoms with E-state index in [1.807, 2.05) is 6.92 Å². The number of carbonyl (C=O) groups is 2. The van der Waals surface area contributed by atoms with Gasteiger partial charge in [0.05, 0.1) is 12.2 Å². The van der Waals surface area contributed by atoms with E-state index < -0.39 is 29.1 Å². The molecule has 1 unspecified atom stereocenters. The van der Waals surface area contributed by atoms with Crippen LogP contribution in [0.25, 0.3) is 0 Å². The minimum absolute atomic E-state index is 0.0378. The van der Waals surface area contributed by atoms with Crippen LogP contribution in [-0.4, -0.2) is 26.6 Å². The lowest BCUT2D eigenvalue weighted by Crippen LogP contribution is -2.41. The van der Waals surface area contributed by atoms with Gasteiger partial charge >= 0.3 is 6.03 Å². The number of nitrogens with one attached hydrogen (secondary N) is 1. The molecule has 1 N–H and O–H groups in total. The van der Waals surface area contributed by atoms with Crippen molar-refractivity contribution in [3.63, 3.8) is 0 Å². The lowest BCUT2D eigenvalue weighted by molar-refractivity contribution is -0.131. The van der Waals surface area contributed by atoms with Crippen molar-refractivity contribution in [3.8, 4) is 0 Å². The molecule has 0 saturated carbocycles. The average molecular weight is 334 g/mol. The molecule has 1 aliphatic rings. The molecule has 0 radical (unpaired) electrons. The Kier molecular flexibility index (Phi) is 3.62. The summed E-state index contributed by atoms with van der Waals surface area (Å²) in [6.45, 7) is 3.13. The van der Waals surface area contributed by atoms with Crippen LogP contribution in [-0.2, 0) is 23.9 Å². The largest absolute Gasteiger partial charge is 0.325 e. The number of aryl methyl sites for hydroxylation is 2. The summed E-state index contributed by atoms with van der Waals surface area (Å²) in [6, 6.07) is 2.14. The normalized spacial score (nSPS) is 20.6. The maximum Gasteiger partial charge on any atom is 0.325 e. The lowest BCUT2D eigenvalue weighted by atomic mass is 9.91. The van der Waals surface area contributed by atoms with Crippen LogP contribution in [0.4, 0.5) is 13.6 Å². The first kappa shape index (κ1) is 16.1. The summed E-state index contributed by atoms with van der Waals surface area (Å²) in [5, 5.41) is 6.66. The van der Waals surface area contributed by atoms with E-state index in [9.17, 15) is 18.4 Å². The Balaban J connectivity index is 1.96. The number of hydrogen-bond donors (Lipinski definition) is 1. The number of urea groups is 1. The second-order valence-electron chi connectivity index (χ2n) is 6.00. The first-order chi connectivity index (χ1) is 11.2. The first-order valence-electron chi connectivity index (χ1n) is 7.31. The van der Waals surface area contributed by atoms with Crippen molar-refractivity contribution in [3.05, 3.63) is 52.9 Å². The number of aromatic nitrogens is 2. The van der Waals surface area contributed by atoms with Crippen LogP contribution in [0, 0.1) is 18.6 Å². The van der Waals surface area contributed by atoms with Crippen molar-refractivity contribution in [1.82, 2.24) is 20.0 Å². The van der Waals surface area contributed by atoms with Gasteiger partial charge in [0.15, 0.2) is 0 Å². The van der Waals surface area contributed by atoms with E-state index in [1.165, 1.54) is 6.92 Å². The van der Waals surface area contributed by atoms with Crippen LogP contribution in [0.3, 0.4) is 0 Å². The molecule has 2 aromatic rings. The summed E-state index contributed by atoms with van der Waals surface area (Å²) in [4.78, 5) is 25.9. The second kappa shape index (κ2) is 5.40. The van der Waals surface area contributed by atoms with Gasteiger partial charge in [-0.3, -0.25) is 14.4 Å². The zero-order valence-electron chi connectivity index (χ0n) is 13.4. The zero-order chi connectivity index (χ0) is 17.6. The molecule has 1 atom stereocenters. The minimum atomic E-state index is -1.66. The number of benzene rings is 1. The van der Waals surface area contributed by atoms with Crippen molar-refractivity contribution in [1.29, 1.82) is 0 Å². The van der Waals surface area contributed by atoms with Crippen LogP contribution < -0.4 is 5.32 Å². The predicted octanol–water partition coefficient (Wildman–Crippen LogP) is 1.97. The second-order valence-corrected chi connectivity index (χ2v) is 6.00. The molecule has 1 fully saturated rings. The maximum atomic E-state index is 14.1. The van der Waals surface area contributed by atoms with Crippen LogP contribution in [0.1, 0.15) is 23.7 Å². The number of hydrogen-bond acceptors (Lipinski definition) is 3. The fourth-order valence-corrected chi connectivity index (χ4v) is 2.86. The van der Waals surface area contributed by atoms with Gasteiger partial charge in [0.1, 0.15) is 17.2 Å². The number of carbonyl (C=O) groups excluding carboxylic acids is 2. The highest BCUT2D eigenvalue weighted by molar-refractivity contribution is 6.07. The van der Waals surface area contributed by atoms with E-state index in [2.05, 4.69) is 10.4 Å². The zero-order valence-corrected chi connectivity index (χ0v) is 13.4. The molecule has 1 aromatic heterocycles. The van der Waals surface area contributed by atoms with Gasteiger partial charge in [-0.25, -0.2) is 13.6 Å². The molecule has 126 valence electrons. The molecule has 24 heavy (non-hydrogen) atoms. The molecule has 3 rings (SSSR count). The highest BCUT2D eigenvalue weighted by atomic mass is 19.1. The van der Waals surface area contributed by atoms with E-state index in [-0.39, 0.29) is 12.1 Å². The summed E-state index contributed by atoms with van der Waals surface area (Å²) in [6.07, 6.45) is 1.76. The van der Waals surface area contributed by atoms with E-state index in [1.54, 1.807) is 17.9 Å². The van der Waals surface area contributed by atoms with E-state index in [4.69, 9.17) is 0 Å². The smallest absolute Gasteiger partial charge is 0.319 e. The molecular formula is C16H16F2N4O2. The van der Waals surface area contributed by atoms with Crippen molar-refractivity contribution in [2.75, 3.05) is 0 Å². The van der Waals surface area contributed by atoms with Gasteiger partial charge in [-0.15, -0.1) is 0 Å².